The smallest absolute Gasteiger partial charge is 0.326 e. The summed E-state index contributed by atoms with van der Waals surface area (Å²) in [4.78, 5) is 25.1. The molecule has 0 saturated heterocycles. The third-order valence-corrected chi connectivity index (χ3v) is 4.04. The Morgan fingerprint density at radius 3 is 2.19 bits per heavy atom. The Morgan fingerprint density at radius 1 is 1.14 bits per heavy atom. The van der Waals surface area contributed by atoms with Gasteiger partial charge in [0.05, 0.1) is 0 Å². The Bertz CT molecular complexity index is 454. The second kappa shape index (κ2) is 8.45. The van der Waals surface area contributed by atoms with Gasteiger partial charge in [0.2, 0.25) is 5.91 Å². The molecule has 1 rings (SSSR count). The zero-order chi connectivity index (χ0) is 15.8. The van der Waals surface area contributed by atoms with Gasteiger partial charge in [-0.15, -0.1) is 0 Å². The molecule has 0 aliphatic carbocycles. The lowest BCUT2D eigenvalue weighted by Crippen LogP contribution is -2.44. The molecule has 0 bridgehead atoms. The first-order chi connectivity index (χ1) is 9.99. The van der Waals surface area contributed by atoms with Crippen LogP contribution in [0.5, 0.6) is 0 Å². The van der Waals surface area contributed by atoms with Crippen molar-refractivity contribution in [2.24, 2.45) is 5.92 Å². The van der Waals surface area contributed by atoms with Crippen molar-refractivity contribution in [3.05, 3.63) is 35.9 Å². The number of carbonyl (C=O) groups is 2. The summed E-state index contributed by atoms with van der Waals surface area (Å²) in [6.07, 6.45) is 2.63. The van der Waals surface area contributed by atoms with Gasteiger partial charge in [-0.05, 0) is 11.5 Å². The fourth-order valence-corrected chi connectivity index (χ4v) is 2.37. The molecule has 0 heterocycles. The van der Waals surface area contributed by atoms with Crippen LogP contribution >= 0.6 is 0 Å². The van der Waals surface area contributed by atoms with Crippen LogP contribution in [0.4, 0.5) is 0 Å². The summed E-state index contributed by atoms with van der Waals surface area (Å²) < 4.78 is 0. The fourth-order valence-electron chi connectivity index (χ4n) is 2.37. The first-order valence-electron chi connectivity index (χ1n) is 7.51. The summed E-state index contributed by atoms with van der Waals surface area (Å²) in [7, 11) is 1.59. The molecule has 116 valence electrons. The maximum atomic E-state index is 12.3. The SMILES string of the molecule is CCC(CC)CC(=O)N(C)C(Cc1ccccc1)C(=O)O. The Hall–Kier alpha value is -1.84. The van der Waals surface area contributed by atoms with E-state index in [0.717, 1.165) is 18.4 Å². The van der Waals surface area contributed by atoms with Crippen molar-refractivity contribution in [3.8, 4) is 0 Å². The maximum absolute atomic E-state index is 12.3. The number of nitrogens with zero attached hydrogens (tertiary/aromatic N) is 1. The molecule has 1 aromatic rings. The van der Waals surface area contributed by atoms with E-state index in [1.54, 1.807) is 7.05 Å². The van der Waals surface area contributed by atoms with Gasteiger partial charge in [0.1, 0.15) is 6.04 Å². The molecule has 0 aliphatic heterocycles. The van der Waals surface area contributed by atoms with Gasteiger partial charge in [0.15, 0.2) is 0 Å². The van der Waals surface area contributed by atoms with Crippen molar-refractivity contribution in [2.75, 3.05) is 7.05 Å². The van der Waals surface area contributed by atoms with Gasteiger partial charge in [0, 0.05) is 19.9 Å². The molecule has 0 spiro atoms. The largest absolute Gasteiger partial charge is 0.480 e. The van der Waals surface area contributed by atoms with E-state index < -0.39 is 12.0 Å². The molecule has 0 aliphatic rings. The van der Waals surface area contributed by atoms with Gasteiger partial charge in [-0.25, -0.2) is 4.79 Å². The highest BCUT2D eigenvalue weighted by molar-refractivity contribution is 5.83. The number of carbonyl (C=O) groups excluding carboxylic acids is 1. The molecule has 1 aromatic carbocycles. The molecule has 0 aromatic heterocycles. The van der Waals surface area contributed by atoms with E-state index in [1.807, 2.05) is 30.3 Å². The zero-order valence-corrected chi connectivity index (χ0v) is 13.1. The number of hydrogen-bond donors (Lipinski definition) is 1. The number of benzene rings is 1. The molecular weight excluding hydrogens is 266 g/mol. The lowest BCUT2D eigenvalue weighted by molar-refractivity contribution is -0.149. The van der Waals surface area contributed by atoms with Gasteiger partial charge in [-0.1, -0.05) is 57.0 Å². The standard InChI is InChI=1S/C17H25NO3/c1-4-13(5-2)12-16(19)18(3)15(17(20)21)11-14-9-7-6-8-10-14/h6-10,13,15H,4-5,11-12H2,1-3H3,(H,20,21). The maximum Gasteiger partial charge on any atom is 0.326 e. The number of carboxylic acid groups (broad SMARTS) is 1. The second-order valence-electron chi connectivity index (χ2n) is 5.44. The monoisotopic (exact) mass is 291 g/mol. The predicted molar refractivity (Wildman–Crippen MR) is 83.0 cm³/mol. The van der Waals surface area contributed by atoms with E-state index in [9.17, 15) is 14.7 Å². The average molecular weight is 291 g/mol. The molecule has 1 N–H and O–H groups in total. The minimum Gasteiger partial charge on any atom is -0.480 e. The van der Waals surface area contributed by atoms with E-state index in [0.29, 0.717) is 18.8 Å². The topological polar surface area (TPSA) is 57.6 Å². The predicted octanol–water partition coefficient (Wildman–Crippen LogP) is 2.97. The van der Waals surface area contributed by atoms with Crippen molar-refractivity contribution in [3.63, 3.8) is 0 Å². The fraction of sp³-hybridized carbons (Fsp3) is 0.529. The van der Waals surface area contributed by atoms with E-state index in [1.165, 1.54) is 4.90 Å². The van der Waals surface area contributed by atoms with E-state index in [4.69, 9.17) is 0 Å². The molecule has 0 fully saturated rings. The van der Waals surface area contributed by atoms with Crippen molar-refractivity contribution in [1.82, 2.24) is 4.90 Å². The number of hydrogen-bond acceptors (Lipinski definition) is 2. The van der Waals surface area contributed by atoms with Gasteiger partial charge < -0.3 is 10.0 Å². The molecule has 1 atom stereocenters. The highest BCUT2D eigenvalue weighted by Gasteiger charge is 2.27. The normalized spacial score (nSPS) is 12.2. The lowest BCUT2D eigenvalue weighted by atomic mass is 9.98. The molecule has 0 radical (unpaired) electrons. The Labute approximate surface area is 126 Å². The minimum atomic E-state index is -0.959. The van der Waals surface area contributed by atoms with Gasteiger partial charge in [0.25, 0.3) is 0 Å². The van der Waals surface area contributed by atoms with E-state index in [-0.39, 0.29) is 5.91 Å². The molecule has 1 amide bonds. The van der Waals surface area contributed by atoms with Crippen molar-refractivity contribution in [1.29, 1.82) is 0 Å². The number of carboxylic acids is 1. The summed E-state index contributed by atoms with van der Waals surface area (Å²) in [5.41, 5.74) is 0.923. The quantitative estimate of drug-likeness (QED) is 0.801. The molecule has 4 nitrogen and oxygen atoms in total. The Balaban J connectivity index is 2.75. The van der Waals surface area contributed by atoms with Crippen molar-refractivity contribution >= 4 is 11.9 Å². The van der Waals surface area contributed by atoms with E-state index >= 15 is 0 Å². The third-order valence-electron chi connectivity index (χ3n) is 4.04. The van der Waals surface area contributed by atoms with Crippen LogP contribution in [-0.2, 0) is 16.0 Å². The van der Waals surface area contributed by atoms with Crippen molar-refractivity contribution in [2.45, 2.75) is 45.6 Å². The van der Waals surface area contributed by atoms with Crippen molar-refractivity contribution < 1.29 is 14.7 Å². The molecule has 0 saturated carbocycles. The summed E-state index contributed by atoms with van der Waals surface area (Å²) in [5, 5.41) is 9.41. The summed E-state index contributed by atoms with van der Waals surface area (Å²) >= 11 is 0. The molecular formula is C17H25NO3. The molecule has 21 heavy (non-hydrogen) atoms. The molecule has 1 unspecified atom stereocenters. The van der Waals surface area contributed by atoms with Crippen LogP contribution in [0, 0.1) is 5.92 Å². The van der Waals surface area contributed by atoms with Gasteiger partial charge in [-0.2, -0.15) is 0 Å². The van der Waals surface area contributed by atoms with Crippen LogP contribution in [0.1, 0.15) is 38.7 Å². The van der Waals surface area contributed by atoms with Crippen LogP contribution in [0.2, 0.25) is 0 Å². The zero-order valence-electron chi connectivity index (χ0n) is 13.1. The van der Waals surface area contributed by atoms with Crippen LogP contribution in [0.15, 0.2) is 30.3 Å². The van der Waals surface area contributed by atoms with Crippen LogP contribution in [0.25, 0.3) is 0 Å². The number of rotatable bonds is 8. The van der Waals surface area contributed by atoms with Gasteiger partial charge >= 0.3 is 5.97 Å². The number of amides is 1. The number of aliphatic carboxylic acids is 1. The van der Waals surface area contributed by atoms with Gasteiger partial charge in [-0.3, -0.25) is 4.79 Å². The first kappa shape index (κ1) is 17.2. The number of likely N-dealkylation sites (N-methyl/N-ethyl adjacent to an activating group) is 1. The minimum absolute atomic E-state index is 0.0907. The summed E-state index contributed by atoms with van der Waals surface area (Å²) in [6.45, 7) is 4.11. The van der Waals surface area contributed by atoms with Crippen LogP contribution in [-0.4, -0.2) is 35.0 Å². The highest BCUT2D eigenvalue weighted by Crippen LogP contribution is 2.16. The second-order valence-corrected chi connectivity index (χ2v) is 5.44. The Kier molecular flexibility index (Phi) is 6.92. The van der Waals surface area contributed by atoms with E-state index in [2.05, 4.69) is 13.8 Å². The average Bonchev–Trinajstić information content (AvgIpc) is 2.50. The highest BCUT2D eigenvalue weighted by atomic mass is 16.4. The summed E-state index contributed by atoms with van der Waals surface area (Å²) in [6, 6.07) is 8.60. The lowest BCUT2D eigenvalue weighted by Gasteiger charge is -2.26. The first-order valence-corrected chi connectivity index (χ1v) is 7.51. The summed E-state index contributed by atoms with van der Waals surface area (Å²) in [5.74, 6) is -0.725. The third kappa shape index (κ3) is 5.21. The van der Waals surface area contributed by atoms with Crippen LogP contribution in [0.3, 0.4) is 0 Å². The Morgan fingerprint density at radius 2 is 1.71 bits per heavy atom. The van der Waals surface area contributed by atoms with Crippen LogP contribution < -0.4 is 0 Å². The molecule has 4 heteroatoms.